The highest BCUT2D eigenvalue weighted by Gasteiger charge is 2.21. The van der Waals surface area contributed by atoms with Crippen LogP contribution in [0.1, 0.15) is 71.1 Å². The first kappa shape index (κ1) is 17.2. The van der Waals surface area contributed by atoms with Gasteiger partial charge in [-0.1, -0.05) is 56.5 Å². The molecule has 0 saturated heterocycles. The summed E-state index contributed by atoms with van der Waals surface area (Å²) in [6.45, 7) is 12.6. The molecule has 0 N–H and O–H groups in total. The van der Waals surface area contributed by atoms with Crippen LogP contribution in [-0.2, 0) is 9.78 Å². The highest BCUT2D eigenvalue weighted by Crippen LogP contribution is 2.30. The Morgan fingerprint density at radius 1 is 1.00 bits per heavy atom. The molecule has 0 aliphatic carbocycles. The van der Waals surface area contributed by atoms with E-state index in [1.165, 1.54) is 24.0 Å². The summed E-state index contributed by atoms with van der Waals surface area (Å²) in [5, 5.41) is 0. The Morgan fingerprint density at radius 3 is 2.00 bits per heavy atom. The first-order chi connectivity index (χ1) is 9.35. The molecule has 0 radical (unpaired) electrons. The van der Waals surface area contributed by atoms with Gasteiger partial charge in [0, 0.05) is 0 Å². The summed E-state index contributed by atoms with van der Waals surface area (Å²) in [4.78, 5) is 11.3. The van der Waals surface area contributed by atoms with Crippen LogP contribution in [0.5, 0.6) is 0 Å². The van der Waals surface area contributed by atoms with E-state index in [0.717, 1.165) is 6.42 Å². The third-order valence-electron chi connectivity index (χ3n) is 3.57. The third kappa shape index (κ3) is 6.06. The van der Waals surface area contributed by atoms with Gasteiger partial charge in [-0.25, -0.2) is 9.78 Å². The normalized spacial score (nSPS) is 13.8. The van der Waals surface area contributed by atoms with Crippen LogP contribution in [0.25, 0.3) is 0 Å². The lowest BCUT2D eigenvalue weighted by Gasteiger charge is -2.26. The maximum Gasteiger partial charge on any atom is 0.118 e. The van der Waals surface area contributed by atoms with Gasteiger partial charge in [-0.3, -0.25) is 0 Å². The largest absolute Gasteiger partial charge is 0.230 e. The van der Waals surface area contributed by atoms with Crippen molar-refractivity contribution in [2.45, 2.75) is 72.5 Å². The summed E-state index contributed by atoms with van der Waals surface area (Å²) in [5.74, 6) is 0.671. The van der Waals surface area contributed by atoms with Crippen molar-refractivity contribution < 1.29 is 9.78 Å². The molecular formula is C18H30O2. The molecule has 2 nitrogen and oxygen atoms in total. The van der Waals surface area contributed by atoms with E-state index in [1.807, 2.05) is 20.8 Å². The summed E-state index contributed by atoms with van der Waals surface area (Å²) in [5.41, 5.74) is 2.19. The fourth-order valence-corrected chi connectivity index (χ4v) is 2.14. The predicted octanol–water partition coefficient (Wildman–Crippen LogP) is 5.61. The first-order valence-electron chi connectivity index (χ1n) is 7.76. The maximum absolute atomic E-state index is 5.77. The van der Waals surface area contributed by atoms with Crippen molar-refractivity contribution in [3.05, 3.63) is 35.4 Å². The van der Waals surface area contributed by atoms with Gasteiger partial charge >= 0.3 is 0 Å². The Labute approximate surface area is 124 Å². The van der Waals surface area contributed by atoms with Gasteiger partial charge in [0.1, 0.15) is 6.10 Å². The smallest absolute Gasteiger partial charge is 0.118 e. The van der Waals surface area contributed by atoms with Crippen molar-refractivity contribution >= 4 is 0 Å². The molecule has 114 valence electrons. The molecule has 1 atom stereocenters. The van der Waals surface area contributed by atoms with E-state index in [1.54, 1.807) is 0 Å². The molecule has 1 unspecified atom stereocenters. The van der Waals surface area contributed by atoms with Gasteiger partial charge in [-0.2, -0.15) is 0 Å². The summed E-state index contributed by atoms with van der Waals surface area (Å²) in [6.07, 6.45) is 3.38. The van der Waals surface area contributed by atoms with Gasteiger partial charge in [0.15, 0.2) is 0 Å². The lowest BCUT2D eigenvalue weighted by atomic mass is 9.92. The molecule has 0 aliphatic rings. The molecule has 0 amide bonds. The van der Waals surface area contributed by atoms with Crippen LogP contribution in [-0.4, -0.2) is 5.60 Å². The van der Waals surface area contributed by atoms with Gasteiger partial charge in [-0.15, -0.1) is 0 Å². The lowest BCUT2D eigenvalue weighted by molar-refractivity contribution is -0.378. The second-order valence-electron chi connectivity index (χ2n) is 6.61. The standard InChI is InChI=1S/C18H30O2/c1-7-15(8-2)13-17(19-20-18(4,5)6)16-11-9-14(3)10-12-16/h9-12,15,17H,7-8,13H2,1-6H3. The number of hydrogen-bond donors (Lipinski definition) is 0. The molecule has 1 aromatic rings. The van der Waals surface area contributed by atoms with E-state index in [4.69, 9.17) is 9.78 Å². The van der Waals surface area contributed by atoms with Crippen molar-refractivity contribution in [1.82, 2.24) is 0 Å². The highest BCUT2D eigenvalue weighted by molar-refractivity contribution is 5.23. The van der Waals surface area contributed by atoms with Crippen LogP contribution >= 0.6 is 0 Å². The topological polar surface area (TPSA) is 18.5 Å². The summed E-state index contributed by atoms with van der Waals surface area (Å²) < 4.78 is 0. The Balaban J connectivity index is 2.80. The second-order valence-corrected chi connectivity index (χ2v) is 6.61. The zero-order valence-electron chi connectivity index (χ0n) is 13.9. The van der Waals surface area contributed by atoms with E-state index in [2.05, 4.69) is 45.0 Å². The molecule has 1 rings (SSSR count). The minimum atomic E-state index is -0.281. The van der Waals surface area contributed by atoms with E-state index in [0.29, 0.717) is 5.92 Å². The fraction of sp³-hybridized carbons (Fsp3) is 0.667. The minimum Gasteiger partial charge on any atom is -0.230 e. The maximum atomic E-state index is 5.77. The molecule has 20 heavy (non-hydrogen) atoms. The van der Waals surface area contributed by atoms with Crippen molar-refractivity contribution in [3.8, 4) is 0 Å². The van der Waals surface area contributed by atoms with Gasteiger partial charge in [0.25, 0.3) is 0 Å². The predicted molar refractivity (Wildman–Crippen MR) is 84.5 cm³/mol. The Kier molecular flexibility index (Phi) is 6.70. The van der Waals surface area contributed by atoms with Crippen LogP contribution in [0.15, 0.2) is 24.3 Å². The van der Waals surface area contributed by atoms with Gasteiger partial charge in [-0.05, 0) is 45.6 Å². The second kappa shape index (κ2) is 7.80. The average molecular weight is 278 g/mol. The van der Waals surface area contributed by atoms with Crippen LogP contribution in [0.4, 0.5) is 0 Å². The first-order valence-corrected chi connectivity index (χ1v) is 7.76. The number of benzene rings is 1. The average Bonchev–Trinajstić information content (AvgIpc) is 2.39. The Hall–Kier alpha value is -0.860. The number of aryl methyl sites for hydroxylation is 1. The summed E-state index contributed by atoms with van der Waals surface area (Å²) in [7, 11) is 0. The van der Waals surface area contributed by atoms with Crippen molar-refractivity contribution in [2.24, 2.45) is 5.92 Å². The van der Waals surface area contributed by atoms with E-state index in [9.17, 15) is 0 Å². The molecule has 0 saturated carbocycles. The zero-order valence-corrected chi connectivity index (χ0v) is 13.9. The Morgan fingerprint density at radius 2 is 1.55 bits per heavy atom. The fourth-order valence-electron chi connectivity index (χ4n) is 2.14. The highest BCUT2D eigenvalue weighted by atomic mass is 17.2. The molecule has 2 heteroatoms. The van der Waals surface area contributed by atoms with Crippen LogP contribution in [0, 0.1) is 12.8 Å². The third-order valence-corrected chi connectivity index (χ3v) is 3.57. The van der Waals surface area contributed by atoms with Crippen molar-refractivity contribution in [2.75, 3.05) is 0 Å². The summed E-state index contributed by atoms with van der Waals surface area (Å²) >= 11 is 0. The summed E-state index contributed by atoms with van der Waals surface area (Å²) in [6, 6.07) is 8.56. The number of rotatable bonds is 7. The molecule has 0 bridgehead atoms. The van der Waals surface area contributed by atoms with E-state index in [-0.39, 0.29) is 11.7 Å². The molecule has 0 heterocycles. The molecule has 0 fully saturated rings. The van der Waals surface area contributed by atoms with E-state index >= 15 is 0 Å². The molecule has 0 spiro atoms. The lowest BCUT2D eigenvalue weighted by Crippen LogP contribution is -2.22. The molecule has 0 aromatic heterocycles. The van der Waals surface area contributed by atoms with Crippen LogP contribution in [0.2, 0.25) is 0 Å². The van der Waals surface area contributed by atoms with E-state index < -0.39 is 0 Å². The molecule has 1 aromatic carbocycles. The zero-order chi connectivity index (χ0) is 15.2. The molecule has 0 aliphatic heterocycles. The van der Waals surface area contributed by atoms with Crippen molar-refractivity contribution in [1.29, 1.82) is 0 Å². The van der Waals surface area contributed by atoms with Gasteiger partial charge < -0.3 is 0 Å². The molecular weight excluding hydrogens is 248 g/mol. The van der Waals surface area contributed by atoms with Crippen molar-refractivity contribution in [3.63, 3.8) is 0 Å². The monoisotopic (exact) mass is 278 g/mol. The van der Waals surface area contributed by atoms with Gasteiger partial charge in [0.2, 0.25) is 0 Å². The minimum absolute atomic E-state index is 0.0136. The SMILES string of the molecule is CCC(CC)CC(OOC(C)(C)C)c1ccc(C)cc1. The van der Waals surface area contributed by atoms with Gasteiger partial charge in [0.05, 0.1) is 5.60 Å². The quantitative estimate of drug-likeness (QED) is 0.477. The van der Waals surface area contributed by atoms with Crippen LogP contribution in [0.3, 0.4) is 0 Å². The van der Waals surface area contributed by atoms with Crippen LogP contribution < -0.4 is 0 Å². The Bertz CT molecular complexity index is 371. The number of hydrogen-bond acceptors (Lipinski definition) is 2.